The highest BCUT2D eigenvalue weighted by Gasteiger charge is 2.24. The number of anilines is 1. The van der Waals surface area contributed by atoms with Gasteiger partial charge in [0, 0.05) is 13.1 Å². The number of rotatable bonds is 6. The van der Waals surface area contributed by atoms with Crippen LogP contribution < -0.4 is 10.5 Å². The number of nitrogens with one attached hydrogen (secondary N) is 1. The third kappa shape index (κ3) is 3.92. The van der Waals surface area contributed by atoms with Gasteiger partial charge in [-0.1, -0.05) is 12.1 Å². The lowest BCUT2D eigenvalue weighted by molar-refractivity contribution is 0.482. The molecule has 1 aromatic carbocycles. The Hall–Kier alpha value is -1.11. The van der Waals surface area contributed by atoms with Crippen molar-refractivity contribution < 1.29 is 8.42 Å². The monoisotopic (exact) mass is 283 g/mol. The second-order valence-corrected chi connectivity index (χ2v) is 6.48. The molecule has 0 aliphatic carbocycles. The van der Waals surface area contributed by atoms with Crippen molar-refractivity contribution in [2.24, 2.45) is 5.73 Å². The molecule has 1 fully saturated rings. The number of hydrogen-bond donors (Lipinski definition) is 2. The van der Waals surface area contributed by atoms with E-state index in [9.17, 15) is 8.42 Å². The molecule has 0 spiro atoms. The summed E-state index contributed by atoms with van der Waals surface area (Å²) in [5.41, 5.74) is 7.21. The van der Waals surface area contributed by atoms with E-state index in [4.69, 9.17) is 5.73 Å². The first kappa shape index (κ1) is 14.3. The van der Waals surface area contributed by atoms with Crippen LogP contribution >= 0.6 is 0 Å². The van der Waals surface area contributed by atoms with Crippen LogP contribution in [0, 0.1) is 0 Å². The summed E-state index contributed by atoms with van der Waals surface area (Å²) < 4.78 is 28.4. The zero-order chi connectivity index (χ0) is 13.7. The van der Waals surface area contributed by atoms with Gasteiger partial charge in [-0.3, -0.25) is 4.72 Å². The number of hydrogen-bond acceptors (Lipinski definition) is 3. The molecule has 1 aromatic rings. The van der Waals surface area contributed by atoms with Gasteiger partial charge in [0.2, 0.25) is 0 Å². The van der Waals surface area contributed by atoms with Crippen molar-refractivity contribution in [2.75, 3.05) is 24.4 Å². The fourth-order valence-corrected chi connectivity index (χ4v) is 3.53. The van der Waals surface area contributed by atoms with Gasteiger partial charge in [0.1, 0.15) is 0 Å². The molecule has 3 N–H and O–H groups in total. The molecule has 2 rings (SSSR count). The SMILES string of the molecule is NCCCc1cccc(NS(=O)(=O)N2CCCC2)c1. The zero-order valence-electron chi connectivity index (χ0n) is 11.0. The molecule has 1 aliphatic rings. The second kappa shape index (κ2) is 6.36. The first-order valence-corrected chi connectivity index (χ1v) is 8.13. The maximum absolute atomic E-state index is 12.1. The standard InChI is InChI=1S/C13H21N3O2S/c14-8-4-6-12-5-3-7-13(11-12)15-19(17,18)16-9-1-2-10-16/h3,5,7,11,15H,1-2,4,6,8-10,14H2. The van der Waals surface area contributed by atoms with Crippen LogP contribution in [-0.2, 0) is 16.6 Å². The minimum atomic E-state index is -3.39. The van der Waals surface area contributed by atoms with Gasteiger partial charge < -0.3 is 5.73 Å². The maximum atomic E-state index is 12.1. The molecule has 1 saturated heterocycles. The average molecular weight is 283 g/mol. The van der Waals surface area contributed by atoms with Gasteiger partial charge >= 0.3 is 10.2 Å². The van der Waals surface area contributed by atoms with Crippen LogP contribution in [0.1, 0.15) is 24.8 Å². The van der Waals surface area contributed by atoms with Gasteiger partial charge in [-0.15, -0.1) is 0 Å². The van der Waals surface area contributed by atoms with Gasteiger partial charge in [0.15, 0.2) is 0 Å². The van der Waals surface area contributed by atoms with E-state index in [2.05, 4.69) is 4.72 Å². The third-order valence-electron chi connectivity index (χ3n) is 3.25. The van der Waals surface area contributed by atoms with Gasteiger partial charge in [-0.25, -0.2) is 0 Å². The van der Waals surface area contributed by atoms with Crippen LogP contribution in [0.4, 0.5) is 5.69 Å². The smallest absolute Gasteiger partial charge is 0.301 e. The molecule has 1 aliphatic heterocycles. The van der Waals surface area contributed by atoms with Crippen molar-refractivity contribution in [3.05, 3.63) is 29.8 Å². The Bertz CT molecular complexity index is 510. The Balaban J connectivity index is 2.05. The fraction of sp³-hybridized carbons (Fsp3) is 0.538. The maximum Gasteiger partial charge on any atom is 0.301 e. The topological polar surface area (TPSA) is 75.4 Å². The summed E-state index contributed by atoms with van der Waals surface area (Å²) in [6.45, 7) is 1.87. The minimum Gasteiger partial charge on any atom is -0.330 e. The van der Waals surface area contributed by atoms with E-state index in [0.717, 1.165) is 31.2 Å². The van der Waals surface area contributed by atoms with Crippen molar-refractivity contribution in [2.45, 2.75) is 25.7 Å². The van der Waals surface area contributed by atoms with E-state index in [1.54, 1.807) is 6.07 Å². The molecule has 19 heavy (non-hydrogen) atoms. The average Bonchev–Trinajstić information content (AvgIpc) is 2.91. The molecule has 6 heteroatoms. The summed E-state index contributed by atoms with van der Waals surface area (Å²) in [6.07, 6.45) is 3.66. The van der Waals surface area contributed by atoms with Gasteiger partial charge in [0.25, 0.3) is 0 Å². The second-order valence-electron chi connectivity index (χ2n) is 4.81. The minimum absolute atomic E-state index is 0.613. The summed E-state index contributed by atoms with van der Waals surface area (Å²) >= 11 is 0. The molecule has 0 amide bonds. The summed E-state index contributed by atoms with van der Waals surface area (Å²) in [6, 6.07) is 7.51. The number of nitrogens with two attached hydrogens (primary N) is 1. The molecule has 0 atom stereocenters. The molecule has 5 nitrogen and oxygen atoms in total. The lowest BCUT2D eigenvalue weighted by Gasteiger charge is -2.17. The van der Waals surface area contributed by atoms with E-state index in [1.165, 1.54) is 4.31 Å². The molecule has 0 unspecified atom stereocenters. The van der Waals surface area contributed by atoms with E-state index in [1.807, 2.05) is 18.2 Å². The van der Waals surface area contributed by atoms with E-state index >= 15 is 0 Å². The first-order valence-electron chi connectivity index (χ1n) is 6.69. The summed E-state index contributed by atoms with van der Waals surface area (Å²) in [5.74, 6) is 0. The van der Waals surface area contributed by atoms with Crippen molar-refractivity contribution >= 4 is 15.9 Å². The molecular weight excluding hydrogens is 262 g/mol. The molecule has 0 aromatic heterocycles. The Morgan fingerprint density at radius 2 is 2.00 bits per heavy atom. The van der Waals surface area contributed by atoms with Crippen molar-refractivity contribution in [3.63, 3.8) is 0 Å². The normalized spacial score (nSPS) is 16.7. The lowest BCUT2D eigenvalue weighted by atomic mass is 10.1. The Kier molecular flexibility index (Phi) is 4.79. The van der Waals surface area contributed by atoms with E-state index < -0.39 is 10.2 Å². The van der Waals surface area contributed by atoms with E-state index in [-0.39, 0.29) is 0 Å². The highest BCUT2D eigenvalue weighted by molar-refractivity contribution is 7.90. The van der Waals surface area contributed by atoms with Crippen LogP contribution in [0.15, 0.2) is 24.3 Å². The van der Waals surface area contributed by atoms with E-state index in [0.29, 0.717) is 25.3 Å². The predicted octanol–water partition coefficient (Wildman–Crippen LogP) is 1.33. The molecule has 0 bridgehead atoms. The molecule has 0 radical (unpaired) electrons. The largest absolute Gasteiger partial charge is 0.330 e. The van der Waals surface area contributed by atoms with Crippen molar-refractivity contribution in [1.82, 2.24) is 4.31 Å². The molecule has 1 heterocycles. The van der Waals surface area contributed by atoms with Crippen LogP contribution in [0.2, 0.25) is 0 Å². The molecule has 106 valence electrons. The van der Waals surface area contributed by atoms with Crippen LogP contribution in [0.25, 0.3) is 0 Å². The first-order chi connectivity index (χ1) is 9.12. The number of nitrogens with zero attached hydrogens (tertiary/aromatic N) is 1. The van der Waals surface area contributed by atoms with Crippen LogP contribution in [0.5, 0.6) is 0 Å². The highest BCUT2D eigenvalue weighted by Crippen LogP contribution is 2.18. The van der Waals surface area contributed by atoms with Gasteiger partial charge in [-0.2, -0.15) is 12.7 Å². The van der Waals surface area contributed by atoms with Crippen molar-refractivity contribution in [1.29, 1.82) is 0 Å². The Labute approximate surface area is 115 Å². The Morgan fingerprint density at radius 3 is 2.68 bits per heavy atom. The van der Waals surface area contributed by atoms with Gasteiger partial charge in [-0.05, 0) is 49.9 Å². The number of aryl methyl sites for hydroxylation is 1. The lowest BCUT2D eigenvalue weighted by Crippen LogP contribution is -2.33. The summed E-state index contributed by atoms with van der Waals surface area (Å²) in [4.78, 5) is 0. The molecule has 0 saturated carbocycles. The van der Waals surface area contributed by atoms with Crippen LogP contribution in [-0.4, -0.2) is 32.4 Å². The summed E-state index contributed by atoms with van der Waals surface area (Å²) in [7, 11) is -3.39. The fourth-order valence-electron chi connectivity index (χ4n) is 2.24. The van der Waals surface area contributed by atoms with Gasteiger partial charge in [0.05, 0.1) is 5.69 Å². The third-order valence-corrected chi connectivity index (χ3v) is 4.79. The number of benzene rings is 1. The van der Waals surface area contributed by atoms with Crippen molar-refractivity contribution in [3.8, 4) is 0 Å². The highest BCUT2D eigenvalue weighted by atomic mass is 32.2. The van der Waals surface area contributed by atoms with Crippen LogP contribution in [0.3, 0.4) is 0 Å². The quantitative estimate of drug-likeness (QED) is 0.827. The zero-order valence-corrected chi connectivity index (χ0v) is 11.8. The predicted molar refractivity (Wildman–Crippen MR) is 77.2 cm³/mol. The Morgan fingerprint density at radius 1 is 1.26 bits per heavy atom. The molecular formula is C13H21N3O2S. The summed E-state index contributed by atoms with van der Waals surface area (Å²) in [5, 5.41) is 0.